The molecule has 2 aliphatic rings. The van der Waals surface area contributed by atoms with Crippen LogP contribution in [-0.4, -0.2) is 60.2 Å². The third-order valence-electron chi connectivity index (χ3n) is 5.97. The number of cyclic esters (lactones) is 1. The highest BCUT2D eigenvalue weighted by Crippen LogP contribution is 2.31. The van der Waals surface area contributed by atoms with Gasteiger partial charge in [-0.15, -0.1) is 0 Å². The summed E-state index contributed by atoms with van der Waals surface area (Å²) in [6.45, 7) is 3.02. The van der Waals surface area contributed by atoms with Gasteiger partial charge in [0.15, 0.2) is 5.60 Å². The van der Waals surface area contributed by atoms with Gasteiger partial charge in [0.25, 0.3) is 5.91 Å². The third-order valence-corrected chi connectivity index (χ3v) is 6.22. The topological polar surface area (TPSA) is 117 Å². The number of ether oxygens (including phenoxy) is 2. The summed E-state index contributed by atoms with van der Waals surface area (Å²) in [5.74, 6) is -2.13. The second kappa shape index (κ2) is 9.75. The predicted molar refractivity (Wildman–Crippen MR) is 129 cm³/mol. The summed E-state index contributed by atoms with van der Waals surface area (Å²) in [5, 5.41) is 5.70. The average Bonchev–Trinajstić information content (AvgIpc) is 3.35. The van der Waals surface area contributed by atoms with Gasteiger partial charge < -0.3 is 25.0 Å². The molecule has 190 valence electrons. The quantitative estimate of drug-likeness (QED) is 0.618. The number of likely N-dealkylation sites (tertiary alicyclic amines) is 1. The standard InChI is InChI=1S/C24H24ClFN4O6/c1-24(2)21(32)30(23(34)36-24)15-8-9-18(17(26)10-15)28-20(31)19-11-16(35-3)12-29(19)22(33)27-14-6-4-13(25)5-7-14/h4-10,16,19H,11-12H2,1-3H3,(H,27,33)(H,28,31). The van der Waals surface area contributed by atoms with E-state index < -0.39 is 41.4 Å². The van der Waals surface area contributed by atoms with E-state index in [9.17, 15) is 23.6 Å². The fourth-order valence-electron chi connectivity index (χ4n) is 4.01. The van der Waals surface area contributed by atoms with Gasteiger partial charge in [0.1, 0.15) is 11.9 Å². The lowest BCUT2D eigenvalue weighted by molar-refractivity contribution is -0.127. The molecule has 5 amide bonds. The van der Waals surface area contributed by atoms with Crippen molar-refractivity contribution < 1.29 is 33.0 Å². The van der Waals surface area contributed by atoms with Crippen molar-refractivity contribution in [3.63, 3.8) is 0 Å². The number of halogens is 2. The van der Waals surface area contributed by atoms with Crippen LogP contribution in [0.3, 0.4) is 0 Å². The van der Waals surface area contributed by atoms with Gasteiger partial charge in [-0.05, 0) is 50.2 Å². The van der Waals surface area contributed by atoms with Gasteiger partial charge >= 0.3 is 12.1 Å². The number of methoxy groups -OCH3 is 1. The molecule has 0 bridgehead atoms. The Labute approximate surface area is 211 Å². The molecule has 36 heavy (non-hydrogen) atoms. The zero-order chi connectivity index (χ0) is 26.2. The zero-order valence-corrected chi connectivity index (χ0v) is 20.5. The first-order valence-corrected chi connectivity index (χ1v) is 11.4. The summed E-state index contributed by atoms with van der Waals surface area (Å²) in [7, 11) is 1.48. The maximum absolute atomic E-state index is 14.9. The minimum atomic E-state index is -1.36. The number of urea groups is 1. The van der Waals surface area contributed by atoms with Crippen molar-refractivity contribution >= 4 is 52.6 Å². The van der Waals surface area contributed by atoms with E-state index in [1.165, 1.54) is 38.0 Å². The molecule has 12 heteroatoms. The van der Waals surface area contributed by atoms with Crippen LogP contribution in [0.2, 0.25) is 5.02 Å². The first-order valence-electron chi connectivity index (χ1n) is 11.0. The van der Waals surface area contributed by atoms with Gasteiger partial charge in [0.2, 0.25) is 5.91 Å². The summed E-state index contributed by atoms with van der Waals surface area (Å²) in [6.07, 6.45) is -1.10. The van der Waals surface area contributed by atoms with Crippen molar-refractivity contribution in [1.82, 2.24) is 4.90 Å². The van der Waals surface area contributed by atoms with E-state index in [2.05, 4.69) is 10.6 Å². The number of rotatable bonds is 5. The van der Waals surface area contributed by atoms with Gasteiger partial charge in [-0.3, -0.25) is 9.59 Å². The molecule has 2 heterocycles. The Bertz CT molecular complexity index is 1220. The summed E-state index contributed by atoms with van der Waals surface area (Å²) < 4.78 is 25.2. The Hall–Kier alpha value is -3.70. The highest BCUT2D eigenvalue weighted by Gasteiger charge is 2.48. The van der Waals surface area contributed by atoms with Gasteiger partial charge in [-0.1, -0.05) is 11.6 Å². The first kappa shape index (κ1) is 25.4. The Kier molecular flexibility index (Phi) is 6.87. The Morgan fingerprint density at radius 3 is 2.42 bits per heavy atom. The van der Waals surface area contributed by atoms with Crippen LogP contribution in [0.25, 0.3) is 0 Å². The maximum atomic E-state index is 14.9. The third kappa shape index (κ3) is 4.98. The summed E-state index contributed by atoms with van der Waals surface area (Å²) >= 11 is 5.88. The largest absolute Gasteiger partial charge is 0.433 e. The van der Waals surface area contributed by atoms with Crippen LogP contribution in [0.1, 0.15) is 20.3 Å². The highest BCUT2D eigenvalue weighted by atomic mass is 35.5. The Morgan fingerprint density at radius 1 is 1.14 bits per heavy atom. The van der Waals surface area contributed by atoms with E-state index in [-0.39, 0.29) is 30.4 Å². The van der Waals surface area contributed by atoms with Crippen LogP contribution in [0.15, 0.2) is 42.5 Å². The number of nitrogens with zero attached hydrogens (tertiary/aromatic N) is 2. The van der Waals surface area contributed by atoms with Crippen LogP contribution in [0.5, 0.6) is 0 Å². The Morgan fingerprint density at radius 2 is 1.83 bits per heavy atom. The molecule has 2 N–H and O–H groups in total. The molecule has 2 aromatic carbocycles. The van der Waals surface area contributed by atoms with E-state index in [1.807, 2.05) is 0 Å². The normalized spacial score (nSPS) is 20.9. The number of hydrogen-bond donors (Lipinski definition) is 2. The van der Waals surface area contributed by atoms with Crippen LogP contribution < -0.4 is 15.5 Å². The number of amides is 5. The summed E-state index contributed by atoms with van der Waals surface area (Å²) in [4.78, 5) is 52.5. The molecule has 0 spiro atoms. The summed E-state index contributed by atoms with van der Waals surface area (Å²) in [5.41, 5.74) is -1.09. The van der Waals surface area contributed by atoms with E-state index in [4.69, 9.17) is 21.1 Å². The van der Waals surface area contributed by atoms with Gasteiger partial charge in [-0.25, -0.2) is 18.9 Å². The van der Waals surface area contributed by atoms with Crippen molar-refractivity contribution in [3.05, 3.63) is 53.3 Å². The number of hydrogen-bond acceptors (Lipinski definition) is 6. The number of benzene rings is 2. The molecular formula is C24H24ClFN4O6. The van der Waals surface area contributed by atoms with Crippen LogP contribution in [0.4, 0.5) is 31.0 Å². The smallest absolute Gasteiger partial charge is 0.422 e. The van der Waals surface area contributed by atoms with Crippen LogP contribution in [-0.2, 0) is 19.1 Å². The molecule has 2 aliphatic heterocycles. The summed E-state index contributed by atoms with van der Waals surface area (Å²) in [6, 6.07) is 8.52. The number of carbonyl (C=O) groups is 4. The fraction of sp³-hybridized carbons (Fsp3) is 0.333. The van der Waals surface area contributed by atoms with Gasteiger partial charge in [0.05, 0.1) is 17.5 Å². The minimum Gasteiger partial charge on any atom is -0.433 e. The number of anilines is 3. The molecule has 4 rings (SSSR count). The lowest BCUT2D eigenvalue weighted by Crippen LogP contribution is -2.45. The van der Waals surface area contributed by atoms with E-state index >= 15 is 0 Å². The molecule has 2 unspecified atom stereocenters. The second-order valence-corrected chi connectivity index (χ2v) is 9.31. The molecule has 10 nitrogen and oxygen atoms in total. The van der Waals surface area contributed by atoms with E-state index in [0.29, 0.717) is 10.7 Å². The molecule has 2 atom stereocenters. The van der Waals surface area contributed by atoms with Crippen molar-refractivity contribution in [2.24, 2.45) is 0 Å². The van der Waals surface area contributed by atoms with E-state index in [0.717, 1.165) is 11.0 Å². The van der Waals surface area contributed by atoms with Gasteiger partial charge in [0, 0.05) is 36.9 Å². The molecule has 0 radical (unpaired) electrons. The lowest BCUT2D eigenvalue weighted by atomic mass is 10.1. The fourth-order valence-corrected chi connectivity index (χ4v) is 4.14. The van der Waals surface area contributed by atoms with Crippen LogP contribution in [0, 0.1) is 5.82 Å². The molecule has 0 aliphatic carbocycles. The molecule has 2 fully saturated rings. The Balaban J connectivity index is 1.49. The number of carbonyl (C=O) groups excluding carboxylic acids is 4. The second-order valence-electron chi connectivity index (χ2n) is 8.87. The van der Waals surface area contributed by atoms with Crippen molar-refractivity contribution in [2.75, 3.05) is 29.2 Å². The zero-order valence-electron chi connectivity index (χ0n) is 19.7. The number of nitrogens with one attached hydrogen (secondary N) is 2. The van der Waals surface area contributed by atoms with Crippen molar-refractivity contribution in [2.45, 2.75) is 38.0 Å². The van der Waals surface area contributed by atoms with Gasteiger partial charge in [-0.2, -0.15) is 0 Å². The molecule has 2 saturated heterocycles. The molecule has 0 saturated carbocycles. The predicted octanol–water partition coefficient (Wildman–Crippen LogP) is 4.00. The average molecular weight is 519 g/mol. The van der Waals surface area contributed by atoms with Crippen molar-refractivity contribution in [3.8, 4) is 0 Å². The lowest BCUT2D eigenvalue weighted by Gasteiger charge is -2.24. The number of imide groups is 1. The SMILES string of the molecule is COC1CC(C(=O)Nc2ccc(N3C(=O)OC(C)(C)C3=O)cc2F)N(C(=O)Nc2ccc(Cl)cc2)C1. The van der Waals surface area contributed by atoms with E-state index in [1.54, 1.807) is 24.3 Å². The highest BCUT2D eigenvalue weighted by molar-refractivity contribution is 6.30. The van der Waals surface area contributed by atoms with Crippen LogP contribution >= 0.6 is 11.6 Å². The molecular weight excluding hydrogens is 495 g/mol. The first-order chi connectivity index (χ1) is 17.0. The maximum Gasteiger partial charge on any atom is 0.422 e. The molecule has 0 aromatic heterocycles. The van der Waals surface area contributed by atoms with Crippen molar-refractivity contribution in [1.29, 1.82) is 0 Å². The minimum absolute atomic E-state index is 0.0321. The molecule has 2 aromatic rings. The monoisotopic (exact) mass is 518 g/mol.